The summed E-state index contributed by atoms with van der Waals surface area (Å²) in [4.78, 5) is 24.3. The van der Waals surface area contributed by atoms with Crippen LogP contribution in [0.25, 0.3) is 0 Å². The molecule has 1 rings (SSSR count). The molecule has 0 atom stereocenters. The van der Waals surface area contributed by atoms with E-state index in [1.165, 1.54) is 16.2 Å². The van der Waals surface area contributed by atoms with E-state index < -0.39 is 11.7 Å². The Morgan fingerprint density at radius 2 is 2.17 bits per heavy atom. The van der Waals surface area contributed by atoms with Crippen LogP contribution in [-0.2, 0) is 9.53 Å². The van der Waals surface area contributed by atoms with Crippen molar-refractivity contribution in [2.24, 2.45) is 0 Å². The minimum absolute atomic E-state index is 0.144. The highest BCUT2D eigenvalue weighted by molar-refractivity contribution is 7.80. The second-order valence-electron chi connectivity index (χ2n) is 4.89. The van der Waals surface area contributed by atoms with Gasteiger partial charge in [0.05, 0.1) is 6.42 Å². The lowest BCUT2D eigenvalue weighted by Crippen LogP contribution is -2.49. The maximum Gasteiger partial charge on any atom is 0.429 e. The van der Waals surface area contributed by atoms with Crippen molar-refractivity contribution < 1.29 is 14.3 Å². The molecule has 6 heteroatoms. The number of nitrogens with zero attached hydrogens (tertiary/aromatic N) is 2. The minimum Gasteiger partial charge on any atom is -0.442 e. The van der Waals surface area contributed by atoms with Gasteiger partial charge in [0.25, 0.3) is 5.91 Å². The standard InChI is InChI=1S/C12H18N2O3S/c1-5-13(11(16)17-12(2,3)4)14-7-6-9(18)8-10(14)15/h6-7H,5,8H2,1-4H3. The van der Waals surface area contributed by atoms with Gasteiger partial charge in [0.1, 0.15) is 5.60 Å². The zero-order valence-electron chi connectivity index (χ0n) is 11.1. The van der Waals surface area contributed by atoms with E-state index in [2.05, 4.69) is 0 Å². The lowest BCUT2D eigenvalue weighted by molar-refractivity contribution is -0.140. The van der Waals surface area contributed by atoms with Crippen LogP contribution >= 0.6 is 12.2 Å². The summed E-state index contributed by atoms with van der Waals surface area (Å²) in [6, 6.07) is 0. The smallest absolute Gasteiger partial charge is 0.429 e. The van der Waals surface area contributed by atoms with Crippen LogP contribution in [-0.4, -0.2) is 39.0 Å². The van der Waals surface area contributed by atoms with Crippen LogP contribution < -0.4 is 0 Å². The topological polar surface area (TPSA) is 49.9 Å². The summed E-state index contributed by atoms with van der Waals surface area (Å²) >= 11 is 4.94. The molecule has 18 heavy (non-hydrogen) atoms. The predicted molar refractivity (Wildman–Crippen MR) is 71.8 cm³/mol. The van der Waals surface area contributed by atoms with E-state index in [0.29, 0.717) is 11.4 Å². The summed E-state index contributed by atoms with van der Waals surface area (Å²) in [6.45, 7) is 7.46. The molecule has 0 fully saturated rings. The molecule has 0 unspecified atom stereocenters. The molecule has 0 aromatic heterocycles. The Morgan fingerprint density at radius 1 is 1.56 bits per heavy atom. The van der Waals surface area contributed by atoms with Crippen molar-refractivity contribution in [3.8, 4) is 0 Å². The van der Waals surface area contributed by atoms with Gasteiger partial charge >= 0.3 is 6.09 Å². The van der Waals surface area contributed by atoms with Crippen molar-refractivity contribution in [1.82, 2.24) is 10.0 Å². The molecular weight excluding hydrogens is 252 g/mol. The number of carbonyl (C=O) groups is 2. The van der Waals surface area contributed by atoms with Gasteiger partial charge in [-0.1, -0.05) is 12.2 Å². The first-order valence-corrected chi connectivity index (χ1v) is 6.19. The molecule has 0 aromatic rings. The molecule has 0 aromatic carbocycles. The molecule has 5 nitrogen and oxygen atoms in total. The van der Waals surface area contributed by atoms with Gasteiger partial charge in [-0.05, 0) is 33.8 Å². The fourth-order valence-electron chi connectivity index (χ4n) is 1.42. The fourth-order valence-corrected chi connectivity index (χ4v) is 1.61. The molecule has 100 valence electrons. The zero-order chi connectivity index (χ0) is 13.9. The maximum atomic E-state index is 12.0. The first-order chi connectivity index (χ1) is 8.24. The van der Waals surface area contributed by atoms with Crippen LogP contribution in [0.1, 0.15) is 34.1 Å². The number of carbonyl (C=O) groups excluding carboxylic acids is 2. The molecule has 1 aliphatic heterocycles. The van der Waals surface area contributed by atoms with Gasteiger partial charge in [0.2, 0.25) is 0 Å². The lowest BCUT2D eigenvalue weighted by Gasteiger charge is -2.34. The predicted octanol–water partition coefficient (Wildman–Crippen LogP) is 2.27. The molecule has 0 saturated heterocycles. The van der Waals surface area contributed by atoms with Gasteiger partial charge in [-0.15, -0.1) is 0 Å². The van der Waals surface area contributed by atoms with Crippen molar-refractivity contribution in [3.05, 3.63) is 12.3 Å². The number of hydrogen-bond acceptors (Lipinski definition) is 4. The third-order valence-corrected chi connectivity index (χ3v) is 2.43. The fraction of sp³-hybridized carbons (Fsp3) is 0.583. The summed E-state index contributed by atoms with van der Waals surface area (Å²) in [5.74, 6) is -0.227. The SMILES string of the molecule is CCN(C(=O)OC(C)(C)C)N1C=CC(=S)CC1=O. The average molecular weight is 270 g/mol. The summed E-state index contributed by atoms with van der Waals surface area (Å²) in [7, 11) is 0. The number of rotatable bonds is 2. The van der Waals surface area contributed by atoms with Crippen LogP contribution in [0.2, 0.25) is 0 Å². The molecule has 0 bridgehead atoms. The largest absolute Gasteiger partial charge is 0.442 e. The van der Waals surface area contributed by atoms with Crippen LogP contribution in [0.4, 0.5) is 4.79 Å². The molecule has 2 amide bonds. The van der Waals surface area contributed by atoms with E-state index >= 15 is 0 Å². The Hall–Kier alpha value is -1.43. The Labute approximate surface area is 112 Å². The van der Waals surface area contributed by atoms with E-state index in [1.54, 1.807) is 33.8 Å². The molecular formula is C12H18N2O3S. The van der Waals surface area contributed by atoms with E-state index in [-0.39, 0.29) is 12.3 Å². The van der Waals surface area contributed by atoms with Crippen molar-refractivity contribution in [1.29, 1.82) is 0 Å². The highest BCUT2D eigenvalue weighted by Gasteiger charge is 2.29. The second-order valence-corrected chi connectivity index (χ2v) is 5.42. The molecule has 1 heterocycles. The van der Waals surface area contributed by atoms with E-state index in [0.717, 1.165) is 0 Å². The molecule has 0 radical (unpaired) electrons. The molecule has 1 aliphatic rings. The maximum absolute atomic E-state index is 12.0. The van der Waals surface area contributed by atoms with Crippen LogP contribution in [0, 0.1) is 0 Å². The lowest BCUT2D eigenvalue weighted by atomic mass is 10.2. The summed E-state index contributed by atoms with van der Waals surface area (Å²) in [5, 5.41) is 2.51. The van der Waals surface area contributed by atoms with Gasteiger partial charge in [-0.2, -0.15) is 0 Å². The number of amides is 2. The van der Waals surface area contributed by atoms with Crippen molar-refractivity contribution in [3.63, 3.8) is 0 Å². The normalized spacial score (nSPS) is 15.9. The van der Waals surface area contributed by atoms with Crippen LogP contribution in [0.3, 0.4) is 0 Å². The molecule has 0 aliphatic carbocycles. The highest BCUT2D eigenvalue weighted by atomic mass is 32.1. The number of hydrogen-bond donors (Lipinski definition) is 0. The highest BCUT2D eigenvalue weighted by Crippen LogP contribution is 2.15. The van der Waals surface area contributed by atoms with E-state index in [9.17, 15) is 9.59 Å². The number of ether oxygens (including phenoxy) is 1. The van der Waals surface area contributed by atoms with Crippen molar-refractivity contribution in [2.45, 2.75) is 39.7 Å². The average Bonchev–Trinajstić information content (AvgIpc) is 2.19. The summed E-state index contributed by atoms with van der Waals surface area (Å²) in [6.07, 6.45) is 2.74. The Balaban J connectivity index is 2.83. The van der Waals surface area contributed by atoms with Crippen LogP contribution in [0.5, 0.6) is 0 Å². The van der Waals surface area contributed by atoms with E-state index in [1.807, 2.05) is 0 Å². The Kier molecular flexibility index (Phi) is 4.45. The van der Waals surface area contributed by atoms with Gasteiger partial charge in [-0.25, -0.2) is 14.8 Å². The number of allylic oxidation sites excluding steroid dienone is 1. The minimum atomic E-state index is -0.595. The quantitative estimate of drug-likeness (QED) is 0.722. The Bertz CT molecular complexity index is 399. The van der Waals surface area contributed by atoms with Crippen molar-refractivity contribution >= 4 is 29.1 Å². The number of hydrazine groups is 1. The third kappa shape index (κ3) is 3.80. The summed E-state index contributed by atoms with van der Waals surface area (Å²) in [5.41, 5.74) is -0.595. The molecule has 0 N–H and O–H groups in total. The van der Waals surface area contributed by atoms with Crippen LogP contribution in [0.15, 0.2) is 12.3 Å². The van der Waals surface area contributed by atoms with Crippen molar-refractivity contribution in [2.75, 3.05) is 6.54 Å². The summed E-state index contributed by atoms with van der Waals surface area (Å²) < 4.78 is 5.25. The Morgan fingerprint density at radius 3 is 2.61 bits per heavy atom. The first kappa shape index (κ1) is 14.6. The van der Waals surface area contributed by atoms with E-state index in [4.69, 9.17) is 17.0 Å². The van der Waals surface area contributed by atoms with Gasteiger partial charge in [0.15, 0.2) is 0 Å². The second kappa shape index (κ2) is 5.48. The third-order valence-electron chi connectivity index (χ3n) is 2.15. The monoisotopic (exact) mass is 270 g/mol. The molecule has 0 saturated carbocycles. The number of thiocarbonyl (C=S) groups is 1. The van der Waals surface area contributed by atoms with Gasteiger partial charge in [-0.3, -0.25) is 4.79 Å². The zero-order valence-corrected chi connectivity index (χ0v) is 11.9. The van der Waals surface area contributed by atoms with Gasteiger partial charge in [0, 0.05) is 17.6 Å². The molecule has 0 spiro atoms. The van der Waals surface area contributed by atoms with Gasteiger partial charge < -0.3 is 4.74 Å². The first-order valence-electron chi connectivity index (χ1n) is 5.78.